The Morgan fingerprint density at radius 1 is 1.41 bits per heavy atom. The third-order valence-electron chi connectivity index (χ3n) is 8.44. The van der Waals surface area contributed by atoms with Crippen LogP contribution in [0.15, 0.2) is 11.6 Å². The summed E-state index contributed by atoms with van der Waals surface area (Å²) < 4.78 is 10.5. The molecule has 1 spiro atoms. The van der Waals surface area contributed by atoms with E-state index in [1.807, 2.05) is 6.08 Å². The number of ether oxygens (including phenoxy) is 2. The summed E-state index contributed by atoms with van der Waals surface area (Å²) in [5.41, 5.74) is -1.73. The van der Waals surface area contributed by atoms with Crippen molar-refractivity contribution in [3.63, 3.8) is 0 Å². The molecule has 1 aliphatic heterocycles. The topological polar surface area (TPSA) is 110 Å². The lowest BCUT2D eigenvalue weighted by Crippen LogP contribution is -2.50. The molecule has 0 unspecified atom stereocenters. The molecular weight excluding hydrogens is 352 g/mol. The highest BCUT2D eigenvalue weighted by Gasteiger charge is 2.76. The Labute approximate surface area is 156 Å². The van der Waals surface area contributed by atoms with Crippen LogP contribution in [0.4, 0.5) is 0 Å². The molecule has 27 heavy (non-hydrogen) atoms. The van der Waals surface area contributed by atoms with E-state index >= 15 is 0 Å². The van der Waals surface area contributed by atoms with E-state index in [-0.39, 0.29) is 24.7 Å². The third-order valence-corrected chi connectivity index (χ3v) is 8.44. The molecule has 7 heteroatoms. The molecule has 0 radical (unpaired) electrons. The van der Waals surface area contributed by atoms with Gasteiger partial charge in [-0.05, 0) is 43.6 Å². The Kier molecular flexibility index (Phi) is 3.22. The zero-order chi connectivity index (χ0) is 19.4. The molecule has 4 aliphatic carbocycles. The van der Waals surface area contributed by atoms with Crippen LogP contribution < -0.4 is 0 Å². The smallest absolute Gasteiger partial charge is 0.315 e. The summed E-state index contributed by atoms with van der Waals surface area (Å²) in [5.74, 6) is -2.25. The third kappa shape index (κ3) is 1.69. The van der Waals surface area contributed by atoms with E-state index in [2.05, 4.69) is 0 Å². The van der Waals surface area contributed by atoms with Crippen LogP contribution in [0.3, 0.4) is 0 Å². The lowest BCUT2D eigenvalue weighted by atomic mass is 9.60. The fraction of sp³-hybridized carbons (Fsp3) is 0.750. The fourth-order valence-electron chi connectivity index (χ4n) is 7.17. The van der Waals surface area contributed by atoms with E-state index < -0.39 is 52.2 Å². The second-order valence-electron chi connectivity index (χ2n) is 9.28. The van der Waals surface area contributed by atoms with Crippen molar-refractivity contribution >= 4 is 17.7 Å². The lowest BCUT2D eigenvalue weighted by Gasteiger charge is -2.42. The van der Waals surface area contributed by atoms with Gasteiger partial charge >= 0.3 is 11.9 Å². The van der Waals surface area contributed by atoms with Crippen LogP contribution in [0.5, 0.6) is 0 Å². The van der Waals surface area contributed by atoms with Crippen molar-refractivity contribution in [3.8, 4) is 0 Å². The van der Waals surface area contributed by atoms with Crippen molar-refractivity contribution in [2.75, 3.05) is 13.7 Å². The lowest BCUT2D eigenvalue weighted by molar-refractivity contribution is -0.159. The summed E-state index contributed by atoms with van der Waals surface area (Å²) in [6.07, 6.45) is 1.97. The minimum Gasteiger partial charge on any atom is -0.469 e. The number of esters is 2. The Morgan fingerprint density at radius 3 is 2.81 bits per heavy atom. The number of ketones is 1. The first-order chi connectivity index (χ1) is 12.7. The van der Waals surface area contributed by atoms with Crippen LogP contribution >= 0.6 is 0 Å². The molecule has 5 aliphatic rings. The number of aliphatic hydroxyl groups is 2. The van der Waals surface area contributed by atoms with E-state index in [0.717, 1.165) is 5.57 Å². The first kappa shape index (κ1) is 17.4. The minimum atomic E-state index is -1.23. The number of carbonyl (C=O) groups excluding carboxylic acids is 3. The van der Waals surface area contributed by atoms with E-state index in [4.69, 9.17) is 9.47 Å². The van der Waals surface area contributed by atoms with Crippen LogP contribution in [0.1, 0.15) is 32.6 Å². The average molecular weight is 376 g/mol. The van der Waals surface area contributed by atoms with Gasteiger partial charge in [-0.15, -0.1) is 0 Å². The molecule has 146 valence electrons. The van der Waals surface area contributed by atoms with Crippen molar-refractivity contribution in [1.29, 1.82) is 0 Å². The molecule has 0 aromatic carbocycles. The van der Waals surface area contributed by atoms with Gasteiger partial charge in [0.1, 0.15) is 23.4 Å². The largest absolute Gasteiger partial charge is 0.469 e. The highest BCUT2D eigenvalue weighted by Crippen LogP contribution is 2.74. The second kappa shape index (κ2) is 5.00. The van der Waals surface area contributed by atoms with Gasteiger partial charge in [0.15, 0.2) is 0 Å². The Hall–Kier alpha value is -1.73. The summed E-state index contributed by atoms with van der Waals surface area (Å²) in [6, 6.07) is 0. The van der Waals surface area contributed by atoms with Gasteiger partial charge in [0.05, 0.1) is 25.0 Å². The van der Waals surface area contributed by atoms with Crippen molar-refractivity contribution in [2.45, 2.75) is 44.8 Å². The molecule has 0 aromatic heterocycles. The predicted octanol–water partition coefficient (Wildman–Crippen LogP) is 0.376. The number of carbonyl (C=O) groups is 3. The Balaban J connectivity index is 1.73. The van der Waals surface area contributed by atoms with Crippen LogP contribution in [0, 0.1) is 34.0 Å². The van der Waals surface area contributed by atoms with Gasteiger partial charge in [-0.1, -0.05) is 5.57 Å². The van der Waals surface area contributed by atoms with Gasteiger partial charge in [-0.3, -0.25) is 14.4 Å². The van der Waals surface area contributed by atoms with Crippen LogP contribution in [-0.2, 0) is 23.9 Å². The standard InChI is InChI=1S/C20H24O7/c1-18-13-9(5-11(15(18)23)27-17(18)25)10-3-4-19(8-21)7-20(10,6-12(19)22)14(13)16(24)26-2/h5,10-11,13-15,21,23H,3-4,6-8H2,1-2H3/t10-,11+,13+,14+,15-,18-,19-,20+/m0/s1. The summed E-state index contributed by atoms with van der Waals surface area (Å²) in [6.45, 7) is 1.44. The summed E-state index contributed by atoms with van der Waals surface area (Å²) in [4.78, 5) is 38.6. The number of aliphatic hydroxyl groups excluding tert-OH is 2. The number of methoxy groups -OCH3 is 1. The van der Waals surface area contributed by atoms with Crippen LogP contribution in [-0.4, -0.2) is 53.9 Å². The molecule has 4 fully saturated rings. The van der Waals surface area contributed by atoms with E-state index in [0.29, 0.717) is 19.3 Å². The van der Waals surface area contributed by atoms with E-state index in [9.17, 15) is 24.6 Å². The van der Waals surface area contributed by atoms with Crippen LogP contribution in [0.25, 0.3) is 0 Å². The Bertz CT molecular complexity index is 802. The van der Waals surface area contributed by atoms with Gasteiger partial charge in [-0.2, -0.15) is 0 Å². The average Bonchev–Trinajstić information content (AvgIpc) is 3.11. The van der Waals surface area contributed by atoms with Crippen molar-refractivity contribution < 1.29 is 34.1 Å². The van der Waals surface area contributed by atoms with Crippen LogP contribution in [0.2, 0.25) is 0 Å². The molecule has 0 amide bonds. The summed E-state index contributed by atoms with van der Waals surface area (Å²) in [5, 5.41) is 20.7. The highest BCUT2D eigenvalue weighted by molar-refractivity contribution is 5.92. The number of hydrogen-bond acceptors (Lipinski definition) is 7. The van der Waals surface area contributed by atoms with E-state index in [1.165, 1.54) is 7.11 Å². The number of hydrogen-bond donors (Lipinski definition) is 2. The molecule has 1 saturated heterocycles. The Morgan fingerprint density at radius 2 is 2.15 bits per heavy atom. The first-order valence-electron chi connectivity index (χ1n) is 9.58. The highest BCUT2D eigenvalue weighted by atomic mass is 16.6. The molecule has 5 rings (SSSR count). The maximum absolute atomic E-state index is 13.0. The second-order valence-corrected chi connectivity index (χ2v) is 9.28. The normalized spacial score (nSPS) is 52.1. The molecule has 4 bridgehead atoms. The first-order valence-corrected chi connectivity index (χ1v) is 9.58. The predicted molar refractivity (Wildman–Crippen MR) is 90.0 cm³/mol. The van der Waals surface area contributed by atoms with E-state index in [1.54, 1.807) is 6.92 Å². The molecule has 7 nitrogen and oxygen atoms in total. The molecular formula is C20H24O7. The molecule has 0 aromatic rings. The quantitative estimate of drug-likeness (QED) is 0.529. The minimum absolute atomic E-state index is 0.000845. The SMILES string of the molecule is COC(=O)[C@H]1[C@H]2C(=C[C@H]3OC(=O)[C@]2(C)[C@H]3O)[C@@H]2CC[C@@]3(CO)C[C@]21CC3=O. The fourth-order valence-corrected chi connectivity index (χ4v) is 7.17. The number of Topliss-reactive ketones (excluding diaryl/α,β-unsaturated/α-hetero) is 1. The number of allylic oxidation sites excluding steroid dienone is 1. The zero-order valence-corrected chi connectivity index (χ0v) is 15.4. The van der Waals surface area contributed by atoms with Gasteiger partial charge < -0.3 is 19.7 Å². The summed E-state index contributed by atoms with van der Waals surface area (Å²) in [7, 11) is 1.31. The number of rotatable bonds is 2. The van der Waals surface area contributed by atoms with Gasteiger partial charge in [0, 0.05) is 12.3 Å². The van der Waals surface area contributed by atoms with Crippen molar-refractivity contribution in [2.24, 2.45) is 34.0 Å². The summed E-state index contributed by atoms with van der Waals surface area (Å²) >= 11 is 0. The number of fused-ring (bicyclic) bond motifs is 6. The zero-order valence-electron chi connectivity index (χ0n) is 15.4. The molecule has 2 N–H and O–H groups in total. The molecule has 1 heterocycles. The van der Waals surface area contributed by atoms with Gasteiger partial charge in [-0.25, -0.2) is 0 Å². The van der Waals surface area contributed by atoms with Gasteiger partial charge in [0.25, 0.3) is 0 Å². The maximum atomic E-state index is 13.0. The molecule has 3 saturated carbocycles. The van der Waals surface area contributed by atoms with Crippen molar-refractivity contribution in [1.82, 2.24) is 0 Å². The van der Waals surface area contributed by atoms with Gasteiger partial charge in [0.2, 0.25) is 0 Å². The molecule has 8 atom stereocenters. The maximum Gasteiger partial charge on any atom is 0.315 e. The van der Waals surface area contributed by atoms with Crippen molar-refractivity contribution in [3.05, 3.63) is 11.6 Å². The monoisotopic (exact) mass is 376 g/mol.